The summed E-state index contributed by atoms with van der Waals surface area (Å²) in [5.41, 5.74) is 58.8. The van der Waals surface area contributed by atoms with Crippen molar-refractivity contribution >= 4 is 0 Å². The Balaban J connectivity index is -0.00000000191. The van der Waals surface area contributed by atoms with Crippen LogP contribution in [0.3, 0.4) is 0 Å². The molecule has 0 amide bonds. The fourth-order valence-corrected chi connectivity index (χ4v) is 0. The van der Waals surface area contributed by atoms with Crippen LogP contribution < -0.4 is 172 Å². The molecule has 0 unspecified atom stereocenters. The second-order valence-electron chi connectivity index (χ2n) is 3.46. The van der Waals surface area contributed by atoms with Crippen molar-refractivity contribution in [2.75, 3.05) is 78.5 Å². The van der Waals surface area contributed by atoms with E-state index < -0.39 is 0 Å². The van der Waals surface area contributed by atoms with Crippen LogP contribution in [0, 0.1) is 0 Å². The molecule has 0 aromatic heterocycles. The van der Waals surface area contributed by atoms with Gasteiger partial charge in [0, 0.05) is 78.5 Å². The first-order chi connectivity index (χ1) is 11.5. The number of hydrogen-bond acceptors (Lipinski definition) is 12. The van der Waals surface area contributed by atoms with Crippen LogP contribution in [0.1, 0.15) is 2.85 Å². The zero-order valence-corrected chi connectivity index (χ0v) is 34.7. The molecule has 52 heavy (non-hydrogen) atoms. The Morgan fingerprint density at radius 3 is 0.192 bits per heavy atom. The smallest absolute Gasteiger partial charge is 1.00 e. The quantitative estimate of drug-likeness (QED) is 0.0873. The van der Waals surface area contributed by atoms with Crippen LogP contribution in [0.5, 0.6) is 0 Å². The molecule has 0 aliphatic heterocycles. The van der Waals surface area contributed by atoms with Gasteiger partial charge in [-0.3, -0.25) is 0 Å². The number of halogens is 22. The van der Waals surface area contributed by atoms with Gasteiger partial charge in [-0.15, -0.1) is 0 Å². The standard InChI is InChI=1S/6C2H8N2.2Co.22FH.4Ti/c6*3-1-2-4;;;;;;;;;;;;;;;;;;;;;;;;;;;;/h6*1-4H2;;;22*1H;;;;/q;;;;;;2*+3;;;;;;;;;;;;;;;;;;;;;;;2*+3;2*+4/p-20. The van der Waals surface area contributed by atoms with Crippen LogP contribution in [0.15, 0.2) is 0 Å². The molecule has 0 saturated carbocycles. The molecule has 346 valence electrons. The van der Waals surface area contributed by atoms with Gasteiger partial charge in [0.05, 0.1) is 0 Å². The van der Waals surface area contributed by atoms with Crippen LogP contribution >= 0.6 is 0 Å². The Bertz CT molecular complexity index is 158. The molecule has 0 aliphatic carbocycles. The second-order valence-corrected chi connectivity index (χ2v) is 3.46. The first-order valence-corrected chi connectivity index (χ1v) is 7.90. The molecule has 0 rings (SSSR count). The van der Waals surface area contributed by atoms with Gasteiger partial charge in [-0.25, -0.2) is 0 Å². The summed E-state index contributed by atoms with van der Waals surface area (Å²) in [7, 11) is 0. The fourth-order valence-electron chi connectivity index (χ4n) is 0. The predicted molar refractivity (Wildman–Crippen MR) is 111 cm³/mol. The third-order valence-corrected chi connectivity index (χ3v) is 1.00. The Labute approximate surface area is 372 Å². The SMILES string of the molecule is NCCN.NCCN.NCCN.NCCN.NCCN.NCCN.[Co+3].[Co+3].[F-].[F-].[F-].[F-].[F-].[F-].[F-].[F-].[F-].[F-].[F-].[F-].[F-].[F-].[F-].[F-].[F-].[F-].[F-].[F-].[F-].[F-].[H+].[H+].[Ti+3].[Ti+3].[Ti+4].[Ti+4]. The van der Waals surface area contributed by atoms with Crippen LogP contribution in [0.25, 0.3) is 0 Å². The van der Waals surface area contributed by atoms with Gasteiger partial charge in [-0.1, -0.05) is 0 Å². The first-order valence-electron chi connectivity index (χ1n) is 7.90. The summed E-state index contributed by atoms with van der Waals surface area (Å²) in [4.78, 5) is 0. The Hall–Kier alpha value is 1.85. The molecule has 0 aromatic rings. The average Bonchev–Trinajstić information content (AvgIpc) is 2.68. The molecule has 0 heterocycles. The average molecular weight is 1090 g/mol. The monoisotopic (exact) mass is 1090 g/mol. The van der Waals surface area contributed by atoms with Gasteiger partial charge in [0.25, 0.3) is 0 Å². The van der Waals surface area contributed by atoms with Gasteiger partial charge in [0.1, 0.15) is 0 Å². The van der Waals surface area contributed by atoms with Crippen molar-refractivity contribution < 1.29 is 227 Å². The van der Waals surface area contributed by atoms with Crippen molar-refractivity contribution in [3.8, 4) is 0 Å². The predicted octanol–water partition coefficient (Wildman–Crippen LogP) is -72.3. The van der Waals surface area contributed by atoms with Crippen molar-refractivity contribution in [3.63, 3.8) is 0 Å². The molecule has 0 saturated heterocycles. The molecule has 0 aromatic carbocycles. The molecule has 40 heteroatoms. The van der Waals surface area contributed by atoms with Gasteiger partial charge >= 0.3 is 123 Å². The normalized spacial score (nSPS) is 3.46. The zero-order valence-electron chi connectivity index (χ0n) is 28.4. The number of rotatable bonds is 6. The van der Waals surface area contributed by atoms with E-state index in [1.165, 1.54) is 0 Å². The largest absolute Gasteiger partial charge is 4.00 e. The Morgan fingerprint density at radius 1 is 0.173 bits per heavy atom. The zero-order chi connectivity index (χ0) is 20.5. The number of nitrogens with two attached hydrogens (primary N) is 12. The summed E-state index contributed by atoms with van der Waals surface area (Å²) in [6.45, 7) is 7.17. The van der Waals surface area contributed by atoms with Crippen molar-refractivity contribution in [3.05, 3.63) is 0 Å². The molecule has 0 aliphatic rings. The van der Waals surface area contributed by atoms with Gasteiger partial charge in [0.2, 0.25) is 0 Å². The van der Waals surface area contributed by atoms with E-state index >= 15 is 0 Å². The molecule has 24 N–H and O–H groups in total. The van der Waals surface area contributed by atoms with E-state index in [0.717, 1.165) is 0 Å². The maximum absolute atomic E-state index is 4.90. The molecule has 12 nitrogen and oxygen atoms in total. The minimum Gasteiger partial charge on any atom is -1.00 e. The molecule has 0 spiro atoms. The summed E-state index contributed by atoms with van der Waals surface area (Å²) < 4.78 is 0. The summed E-state index contributed by atoms with van der Waals surface area (Å²) in [5, 5.41) is 0. The molecule has 0 bridgehead atoms. The molecule has 0 fully saturated rings. The molecular formula is C12H50Co2F22N12Ti4. The maximum atomic E-state index is 4.90. The van der Waals surface area contributed by atoms with Crippen molar-refractivity contribution in [1.82, 2.24) is 0 Å². The summed E-state index contributed by atoms with van der Waals surface area (Å²) >= 11 is 0. The van der Waals surface area contributed by atoms with Gasteiger partial charge in [-0.05, 0) is 0 Å². The van der Waals surface area contributed by atoms with Crippen LogP contribution in [0.4, 0.5) is 0 Å². The van der Waals surface area contributed by atoms with E-state index in [1.54, 1.807) is 0 Å². The second kappa shape index (κ2) is 741. The molecule has 0 atom stereocenters. The third kappa shape index (κ3) is 2180. The molecule has 2 radical (unpaired) electrons. The van der Waals surface area contributed by atoms with Crippen LogP contribution in [0.2, 0.25) is 0 Å². The van der Waals surface area contributed by atoms with Crippen LogP contribution in [-0.2, 0) is 120 Å². The van der Waals surface area contributed by atoms with Gasteiger partial charge in [-0.2, -0.15) is 0 Å². The van der Waals surface area contributed by atoms with E-state index in [2.05, 4.69) is 0 Å². The maximum Gasteiger partial charge on any atom is 4.00 e. The minimum absolute atomic E-state index is 0. The Morgan fingerprint density at radius 2 is 0.192 bits per heavy atom. The summed E-state index contributed by atoms with van der Waals surface area (Å²) in [6.07, 6.45) is 0. The van der Waals surface area contributed by atoms with E-state index in [9.17, 15) is 0 Å². The number of hydrogen-bond donors (Lipinski definition) is 12. The molecular weight excluding hydrogens is 1040 g/mol. The van der Waals surface area contributed by atoms with E-state index in [0.29, 0.717) is 78.5 Å². The third-order valence-electron chi connectivity index (χ3n) is 1.00. The summed E-state index contributed by atoms with van der Waals surface area (Å²) in [5.74, 6) is 0. The van der Waals surface area contributed by atoms with Crippen LogP contribution in [-0.4, -0.2) is 78.5 Å². The fraction of sp³-hybridized carbons (Fsp3) is 1.00. The van der Waals surface area contributed by atoms with E-state index in [4.69, 9.17) is 68.8 Å². The first kappa shape index (κ1) is 382. The van der Waals surface area contributed by atoms with Crippen molar-refractivity contribution in [2.45, 2.75) is 0 Å². The topological polar surface area (TPSA) is 312 Å². The van der Waals surface area contributed by atoms with Gasteiger partial charge in [0.15, 0.2) is 0 Å². The minimum atomic E-state index is 0. The van der Waals surface area contributed by atoms with Crippen molar-refractivity contribution in [1.29, 1.82) is 0 Å². The van der Waals surface area contributed by atoms with E-state index in [1.807, 2.05) is 0 Å². The van der Waals surface area contributed by atoms with E-state index in [-0.39, 0.29) is 227 Å². The summed E-state index contributed by atoms with van der Waals surface area (Å²) in [6, 6.07) is 0. The van der Waals surface area contributed by atoms with Gasteiger partial charge < -0.3 is 172 Å². The Kier molecular flexibility index (Phi) is 5440. The van der Waals surface area contributed by atoms with Crippen molar-refractivity contribution in [2.24, 2.45) is 68.8 Å².